The Morgan fingerprint density at radius 1 is 0.759 bits per heavy atom. The van der Waals surface area contributed by atoms with Crippen LogP contribution in [-0.2, 0) is 63.7 Å². The number of carbonyl (C=O) groups is 9. The number of hydrazine groups is 1. The highest BCUT2D eigenvalue weighted by Crippen LogP contribution is 2.13. The summed E-state index contributed by atoms with van der Waals surface area (Å²) >= 11 is 0. The Kier molecular flexibility index (Phi) is 20.9. The van der Waals surface area contributed by atoms with Gasteiger partial charge >= 0.3 is 23.9 Å². The molecule has 0 aliphatic heterocycles. The van der Waals surface area contributed by atoms with Crippen LogP contribution in [0.2, 0.25) is 0 Å². The van der Waals surface area contributed by atoms with Crippen LogP contribution in [0.15, 0.2) is 30.3 Å². The Morgan fingerprint density at radius 3 is 1.87 bits per heavy atom. The third-order valence-corrected chi connectivity index (χ3v) is 7.34. The first-order chi connectivity index (χ1) is 25.3. The lowest BCUT2D eigenvalue weighted by atomic mass is 9.95. The number of rotatable bonds is 25. The van der Waals surface area contributed by atoms with Gasteiger partial charge in [0, 0.05) is 34.1 Å². The number of nitrogens with one attached hydrogen (secondary N) is 5. The number of hydrogen-bond acceptors (Lipinski definition) is 15. The molecule has 7 atom stereocenters. The number of primary amides is 1. The molecular weight excluding hydrogens is 712 g/mol. The molecule has 19 nitrogen and oxygen atoms in total. The largest absolute Gasteiger partial charge is 0.464 e. The number of ether oxygens (including phenoxy) is 4. The third-order valence-electron chi connectivity index (χ3n) is 7.34. The van der Waals surface area contributed by atoms with E-state index in [9.17, 15) is 43.2 Å². The van der Waals surface area contributed by atoms with Crippen molar-refractivity contribution in [1.82, 2.24) is 26.8 Å². The zero-order valence-electron chi connectivity index (χ0n) is 31.5. The molecule has 0 aliphatic carbocycles. The van der Waals surface area contributed by atoms with E-state index in [1.807, 2.05) is 13.8 Å². The minimum atomic E-state index is -1.62. The van der Waals surface area contributed by atoms with Gasteiger partial charge < -0.3 is 45.4 Å². The van der Waals surface area contributed by atoms with E-state index < -0.39 is 110 Å². The molecule has 300 valence electrons. The first-order valence-corrected chi connectivity index (χ1v) is 17.1. The maximum Gasteiger partial charge on any atom is 0.317 e. The van der Waals surface area contributed by atoms with Crippen molar-refractivity contribution in [3.8, 4) is 0 Å². The Hall–Kier alpha value is -5.27. The average molecular weight is 765 g/mol. The molecule has 7 N–H and O–H groups in total. The quantitative estimate of drug-likeness (QED) is 0.0179. The number of ketones is 2. The molecule has 0 bridgehead atoms. The SMILES string of the molecule is CC(=O)N[C@@H](COC(C)=O)[C@H](NC(=O)N[C@@H](Cc1ccccc1)C(=O)C(=O)[C@H](CC(N)=O)NN[C@H](C=O)CC(C)C)OC(COC(C)=O)[C@H](C)OC(C)=O. The van der Waals surface area contributed by atoms with Gasteiger partial charge in [0.1, 0.15) is 43.8 Å². The van der Waals surface area contributed by atoms with Gasteiger partial charge in [0.05, 0.1) is 18.5 Å². The molecule has 0 heterocycles. The Balaban J connectivity index is 3.56. The summed E-state index contributed by atoms with van der Waals surface area (Å²) in [4.78, 5) is 112. The second-order valence-corrected chi connectivity index (χ2v) is 12.8. The Labute approximate surface area is 313 Å². The molecule has 0 aliphatic rings. The summed E-state index contributed by atoms with van der Waals surface area (Å²) in [6, 6.07) is 2.01. The van der Waals surface area contributed by atoms with Crippen LogP contribution in [0.3, 0.4) is 0 Å². The van der Waals surface area contributed by atoms with Crippen molar-refractivity contribution in [1.29, 1.82) is 0 Å². The standard InChI is InChI=1S/C35H52N6O13/c1-19(2)13-26(16-42)40-41-28(15-31(36)47)33(49)32(48)27(14-25-11-9-8-10-12-25)38-35(50)39-34(29(37-21(4)43)17-51-22(5)44)54-30(18-52-23(6)45)20(3)53-24(7)46/h8-12,16,19-20,26-30,34,40-41H,13-15,17-18H2,1-7H3,(H2,36,47)(H,37,43)(H2,38,39,50)/t20-,26-,27-,28-,29-,30?,34+/m0/s1. The van der Waals surface area contributed by atoms with Gasteiger partial charge in [0.25, 0.3) is 0 Å². The summed E-state index contributed by atoms with van der Waals surface area (Å²) < 4.78 is 21.4. The highest BCUT2D eigenvalue weighted by Gasteiger charge is 2.36. The molecule has 4 amide bonds. The van der Waals surface area contributed by atoms with E-state index in [1.165, 1.54) is 6.92 Å². The predicted octanol–water partition coefficient (Wildman–Crippen LogP) is -0.719. The van der Waals surface area contributed by atoms with Crippen LogP contribution < -0.4 is 32.5 Å². The normalized spacial score (nSPS) is 14.8. The van der Waals surface area contributed by atoms with Crippen LogP contribution in [0, 0.1) is 5.92 Å². The smallest absolute Gasteiger partial charge is 0.317 e. The molecule has 1 unspecified atom stereocenters. The van der Waals surface area contributed by atoms with E-state index in [4.69, 9.17) is 24.7 Å². The fourth-order valence-corrected chi connectivity index (χ4v) is 4.92. The van der Waals surface area contributed by atoms with Gasteiger partial charge in [-0.2, -0.15) is 0 Å². The second-order valence-electron chi connectivity index (χ2n) is 12.8. The molecule has 0 aromatic heterocycles. The first kappa shape index (κ1) is 46.8. The molecule has 1 aromatic carbocycles. The predicted molar refractivity (Wildman–Crippen MR) is 190 cm³/mol. The molecule has 1 rings (SSSR count). The molecule has 1 aromatic rings. The van der Waals surface area contributed by atoms with Crippen LogP contribution in [0.25, 0.3) is 0 Å². The van der Waals surface area contributed by atoms with E-state index >= 15 is 0 Å². The molecule has 0 saturated carbocycles. The number of Topliss-reactive ketones (excluding diaryl/α,β-unsaturated/α-hetero) is 2. The maximum absolute atomic E-state index is 13.8. The molecule has 0 radical (unpaired) electrons. The lowest BCUT2D eigenvalue weighted by Gasteiger charge is -2.33. The van der Waals surface area contributed by atoms with Gasteiger partial charge in [0.2, 0.25) is 23.4 Å². The lowest BCUT2D eigenvalue weighted by molar-refractivity contribution is -0.171. The minimum absolute atomic E-state index is 0.0771. The third kappa shape index (κ3) is 19.0. The van der Waals surface area contributed by atoms with Gasteiger partial charge in [-0.05, 0) is 24.8 Å². The van der Waals surface area contributed by atoms with Crippen LogP contribution in [0.1, 0.15) is 66.9 Å². The van der Waals surface area contributed by atoms with E-state index in [1.54, 1.807) is 30.3 Å². The monoisotopic (exact) mass is 764 g/mol. The van der Waals surface area contributed by atoms with Crippen LogP contribution in [0.4, 0.5) is 4.79 Å². The highest BCUT2D eigenvalue weighted by atomic mass is 16.6. The molecule has 0 spiro atoms. The summed E-state index contributed by atoms with van der Waals surface area (Å²) in [7, 11) is 0. The molecule has 0 fully saturated rings. The van der Waals surface area contributed by atoms with Gasteiger partial charge in [-0.25, -0.2) is 15.6 Å². The van der Waals surface area contributed by atoms with Crippen LogP contribution in [0.5, 0.6) is 0 Å². The number of hydrogen-bond donors (Lipinski definition) is 6. The Morgan fingerprint density at radius 2 is 1.35 bits per heavy atom. The van der Waals surface area contributed by atoms with E-state index in [0.717, 1.165) is 27.7 Å². The van der Waals surface area contributed by atoms with Crippen LogP contribution in [-0.4, -0.2) is 109 Å². The van der Waals surface area contributed by atoms with Crippen LogP contribution >= 0.6 is 0 Å². The zero-order chi connectivity index (χ0) is 41.0. The Bertz CT molecular complexity index is 1460. The second kappa shape index (κ2) is 24.1. The number of carbonyl (C=O) groups excluding carboxylic acids is 9. The zero-order valence-corrected chi connectivity index (χ0v) is 31.5. The maximum atomic E-state index is 13.8. The summed E-state index contributed by atoms with van der Waals surface area (Å²) in [5.41, 5.74) is 11.1. The number of benzene rings is 1. The number of urea groups is 1. The van der Waals surface area contributed by atoms with Crippen molar-refractivity contribution >= 4 is 53.6 Å². The van der Waals surface area contributed by atoms with Gasteiger partial charge in [-0.3, -0.25) is 33.6 Å². The number of esters is 3. The summed E-state index contributed by atoms with van der Waals surface area (Å²) in [6.45, 7) is 8.60. The van der Waals surface area contributed by atoms with E-state index in [0.29, 0.717) is 18.3 Å². The summed E-state index contributed by atoms with van der Waals surface area (Å²) in [6.07, 6.45) is -3.86. The summed E-state index contributed by atoms with van der Waals surface area (Å²) in [5, 5.41) is 7.37. The number of aldehydes is 1. The highest BCUT2D eigenvalue weighted by molar-refractivity contribution is 6.41. The van der Waals surface area contributed by atoms with Gasteiger partial charge in [-0.1, -0.05) is 44.2 Å². The van der Waals surface area contributed by atoms with Crippen molar-refractivity contribution in [2.75, 3.05) is 13.2 Å². The van der Waals surface area contributed by atoms with Crippen molar-refractivity contribution < 1.29 is 62.1 Å². The van der Waals surface area contributed by atoms with E-state index in [2.05, 4.69) is 26.8 Å². The average Bonchev–Trinajstić information content (AvgIpc) is 3.07. The number of amides is 4. The topological polar surface area (TPSA) is 277 Å². The van der Waals surface area contributed by atoms with Crippen molar-refractivity contribution in [2.24, 2.45) is 11.7 Å². The van der Waals surface area contributed by atoms with Gasteiger partial charge in [0.15, 0.2) is 6.23 Å². The molecule has 0 saturated heterocycles. The fraction of sp³-hybridized carbons (Fsp3) is 0.571. The van der Waals surface area contributed by atoms with Crippen molar-refractivity contribution in [3.05, 3.63) is 35.9 Å². The van der Waals surface area contributed by atoms with Crippen molar-refractivity contribution in [2.45, 2.75) is 110 Å². The van der Waals surface area contributed by atoms with Gasteiger partial charge in [-0.15, -0.1) is 0 Å². The van der Waals surface area contributed by atoms with Crippen molar-refractivity contribution in [3.63, 3.8) is 0 Å². The molecular formula is C35H52N6O13. The minimum Gasteiger partial charge on any atom is -0.464 e. The molecule has 19 heteroatoms. The fourth-order valence-electron chi connectivity index (χ4n) is 4.92. The lowest BCUT2D eigenvalue weighted by Crippen LogP contribution is -2.61. The van der Waals surface area contributed by atoms with E-state index in [-0.39, 0.29) is 12.3 Å². The summed E-state index contributed by atoms with van der Waals surface area (Å²) in [5.74, 6) is -5.96. The first-order valence-electron chi connectivity index (χ1n) is 17.1. The molecule has 54 heavy (non-hydrogen) atoms. The number of nitrogens with two attached hydrogens (primary N) is 1.